The Labute approximate surface area is 157 Å². The molecule has 1 aliphatic carbocycles. The van der Waals surface area contributed by atoms with Crippen LogP contribution in [0, 0.1) is 0 Å². The van der Waals surface area contributed by atoms with Gasteiger partial charge in [-0.15, -0.1) is 37.1 Å². The average Bonchev–Trinajstić information content (AvgIpc) is 3.23. The van der Waals surface area contributed by atoms with Gasteiger partial charge in [-0.1, -0.05) is 25.1 Å². The first-order valence-corrected chi connectivity index (χ1v) is 7.84. The number of para-hydroxylation sites is 1. The number of nitrogens with zero attached hydrogens (tertiary/aromatic N) is 1. The van der Waals surface area contributed by atoms with Crippen LogP contribution >= 0.6 is 24.0 Å². The maximum atomic E-state index is 12.5. The van der Waals surface area contributed by atoms with Crippen molar-refractivity contribution in [1.82, 2.24) is 10.6 Å². The molecule has 0 amide bonds. The number of halogens is 4. The van der Waals surface area contributed by atoms with E-state index >= 15 is 0 Å². The first kappa shape index (κ1) is 20.9. The minimum absolute atomic E-state index is 0. The van der Waals surface area contributed by atoms with Gasteiger partial charge in [-0.05, 0) is 31.4 Å². The minimum atomic E-state index is -4.68. The highest BCUT2D eigenvalue weighted by Crippen LogP contribution is 2.45. The molecule has 0 bridgehead atoms. The van der Waals surface area contributed by atoms with Crippen molar-refractivity contribution in [3.05, 3.63) is 29.8 Å². The molecule has 0 aromatic heterocycles. The van der Waals surface area contributed by atoms with E-state index in [0.717, 1.165) is 19.4 Å². The van der Waals surface area contributed by atoms with Gasteiger partial charge in [0.2, 0.25) is 0 Å². The largest absolute Gasteiger partial charge is 0.573 e. The zero-order valence-electron chi connectivity index (χ0n) is 13.7. The smallest absolute Gasteiger partial charge is 0.405 e. The summed E-state index contributed by atoms with van der Waals surface area (Å²) in [5.74, 6) is 0.583. The topological polar surface area (TPSA) is 45.7 Å². The molecule has 2 rings (SSSR count). The fourth-order valence-electron chi connectivity index (χ4n) is 2.42. The van der Waals surface area contributed by atoms with Crippen molar-refractivity contribution in [2.45, 2.75) is 45.0 Å². The summed E-state index contributed by atoms with van der Waals surface area (Å²) in [6.07, 6.45) is -2.98. The molecule has 1 aromatic carbocycles. The van der Waals surface area contributed by atoms with Crippen LogP contribution in [-0.2, 0) is 0 Å². The summed E-state index contributed by atoms with van der Waals surface area (Å²) in [7, 11) is 0. The van der Waals surface area contributed by atoms with Crippen LogP contribution in [0.3, 0.4) is 0 Å². The lowest BCUT2D eigenvalue weighted by atomic mass is 10.1. The highest BCUT2D eigenvalue weighted by molar-refractivity contribution is 14.0. The van der Waals surface area contributed by atoms with Gasteiger partial charge in [0, 0.05) is 25.0 Å². The predicted molar refractivity (Wildman–Crippen MR) is 99.1 cm³/mol. The van der Waals surface area contributed by atoms with Gasteiger partial charge in [-0.2, -0.15) is 0 Å². The molecule has 4 nitrogen and oxygen atoms in total. The standard InChI is InChI=1S/C16H22F3N3O.HI/c1-3-9-21-15(20-4-2)22-13-10-12(13)11-7-5-6-8-14(11)23-16(17,18)19;/h5-8,12-13H,3-4,9-10H2,1-2H3,(H2,20,21,22);1H. The van der Waals surface area contributed by atoms with E-state index in [4.69, 9.17) is 0 Å². The first-order chi connectivity index (χ1) is 10.9. The van der Waals surface area contributed by atoms with E-state index in [0.29, 0.717) is 18.1 Å². The number of nitrogens with one attached hydrogen (secondary N) is 2. The Kier molecular flexibility index (Phi) is 8.11. The van der Waals surface area contributed by atoms with Crippen molar-refractivity contribution < 1.29 is 17.9 Å². The lowest BCUT2D eigenvalue weighted by molar-refractivity contribution is -0.274. The molecular weight excluding hydrogens is 434 g/mol. The van der Waals surface area contributed by atoms with E-state index in [1.54, 1.807) is 18.2 Å². The quantitative estimate of drug-likeness (QED) is 0.386. The van der Waals surface area contributed by atoms with Gasteiger partial charge >= 0.3 is 6.36 Å². The number of alkyl halides is 3. The van der Waals surface area contributed by atoms with Crippen molar-refractivity contribution in [2.24, 2.45) is 4.99 Å². The molecule has 0 spiro atoms. The number of ether oxygens (including phenoxy) is 1. The Morgan fingerprint density at radius 1 is 1.29 bits per heavy atom. The van der Waals surface area contributed by atoms with E-state index in [9.17, 15) is 13.2 Å². The molecule has 136 valence electrons. The Balaban J connectivity index is 0.00000288. The number of aliphatic imine (C=N–C) groups is 1. The zero-order chi connectivity index (χ0) is 16.9. The third-order valence-electron chi connectivity index (χ3n) is 3.49. The van der Waals surface area contributed by atoms with Crippen LogP contribution in [-0.4, -0.2) is 31.5 Å². The number of guanidine groups is 1. The van der Waals surface area contributed by atoms with Crippen LogP contribution in [0.25, 0.3) is 0 Å². The second kappa shape index (κ2) is 9.33. The fraction of sp³-hybridized carbons (Fsp3) is 0.562. The summed E-state index contributed by atoms with van der Waals surface area (Å²) in [6, 6.07) is 6.38. The van der Waals surface area contributed by atoms with Crippen LogP contribution in [0.2, 0.25) is 0 Å². The van der Waals surface area contributed by atoms with Crippen LogP contribution < -0.4 is 15.4 Å². The number of rotatable bonds is 6. The second-order valence-corrected chi connectivity index (χ2v) is 5.44. The molecule has 0 saturated heterocycles. The van der Waals surface area contributed by atoms with Crippen molar-refractivity contribution in [1.29, 1.82) is 0 Å². The third kappa shape index (κ3) is 6.37. The molecular formula is C16H23F3IN3O. The van der Waals surface area contributed by atoms with Gasteiger partial charge in [0.15, 0.2) is 5.96 Å². The summed E-state index contributed by atoms with van der Waals surface area (Å²) in [6.45, 7) is 5.46. The van der Waals surface area contributed by atoms with E-state index in [1.165, 1.54) is 6.07 Å². The molecule has 2 unspecified atom stereocenters. The molecule has 1 fully saturated rings. The van der Waals surface area contributed by atoms with E-state index < -0.39 is 6.36 Å². The van der Waals surface area contributed by atoms with Gasteiger partial charge < -0.3 is 15.4 Å². The SMILES string of the molecule is CCCN=C(NCC)NC1CC1c1ccccc1OC(F)(F)F.I. The monoisotopic (exact) mass is 457 g/mol. The van der Waals surface area contributed by atoms with Gasteiger partial charge in [0.05, 0.1) is 0 Å². The molecule has 8 heteroatoms. The van der Waals surface area contributed by atoms with Gasteiger partial charge in [-0.25, -0.2) is 0 Å². The molecule has 0 radical (unpaired) electrons. The summed E-state index contributed by atoms with van der Waals surface area (Å²) < 4.78 is 41.6. The minimum Gasteiger partial charge on any atom is -0.405 e. The number of hydrogen-bond acceptors (Lipinski definition) is 2. The molecule has 0 aliphatic heterocycles. The molecule has 1 saturated carbocycles. The Morgan fingerprint density at radius 3 is 2.62 bits per heavy atom. The molecule has 2 N–H and O–H groups in total. The summed E-state index contributed by atoms with van der Waals surface area (Å²) >= 11 is 0. The number of benzene rings is 1. The summed E-state index contributed by atoms with van der Waals surface area (Å²) in [4.78, 5) is 4.41. The van der Waals surface area contributed by atoms with Crippen LogP contribution in [0.4, 0.5) is 13.2 Å². The van der Waals surface area contributed by atoms with E-state index in [1.807, 2.05) is 13.8 Å². The maximum Gasteiger partial charge on any atom is 0.573 e. The highest BCUT2D eigenvalue weighted by atomic mass is 127. The normalized spacial score (nSPS) is 20.1. The van der Waals surface area contributed by atoms with Gasteiger partial charge in [-0.3, -0.25) is 4.99 Å². The van der Waals surface area contributed by atoms with Crippen LogP contribution in [0.15, 0.2) is 29.3 Å². The van der Waals surface area contributed by atoms with Crippen LogP contribution in [0.1, 0.15) is 38.2 Å². The lowest BCUT2D eigenvalue weighted by Gasteiger charge is -2.14. The van der Waals surface area contributed by atoms with Gasteiger partial charge in [0.1, 0.15) is 5.75 Å². The Bertz CT molecular complexity index is 552. The maximum absolute atomic E-state index is 12.5. The number of hydrogen-bond donors (Lipinski definition) is 2. The van der Waals surface area contributed by atoms with E-state index in [-0.39, 0.29) is 41.7 Å². The predicted octanol–water partition coefficient (Wildman–Crippen LogP) is 4.02. The lowest BCUT2D eigenvalue weighted by Crippen LogP contribution is -2.39. The zero-order valence-corrected chi connectivity index (χ0v) is 16.0. The second-order valence-electron chi connectivity index (χ2n) is 5.44. The first-order valence-electron chi connectivity index (χ1n) is 7.84. The van der Waals surface area contributed by atoms with Crippen molar-refractivity contribution in [3.63, 3.8) is 0 Å². The van der Waals surface area contributed by atoms with Crippen molar-refractivity contribution >= 4 is 29.9 Å². The molecule has 1 aliphatic rings. The third-order valence-corrected chi connectivity index (χ3v) is 3.49. The Morgan fingerprint density at radius 2 is 2.00 bits per heavy atom. The van der Waals surface area contributed by atoms with Gasteiger partial charge in [0.25, 0.3) is 0 Å². The van der Waals surface area contributed by atoms with Crippen molar-refractivity contribution in [2.75, 3.05) is 13.1 Å². The average molecular weight is 457 g/mol. The molecule has 2 atom stereocenters. The highest BCUT2D eigenvalue weighted by Gasteiger charge is 2.42. The molecule has 1 aromatic rings. The summed E-state index contributed by atoms with van der Waals surface area (Å²) in [5, 5.41) is 6.41. The van der Waals surface area contributed by atoms with Crippen LogP contribution in [0.5, 0.6) is 5.75 Å². The Hall–Kier alpha value is -1.19. The molecule has 0 heterocycles. The molecule has 24 heavy (non-hydrogen) atoms. The summed E-state index contributed by atoms with van der Waals surface area (Å²) in [5.41, 5.74) is 0.577. The van der Waals surface area contributed by atoms with Crippen molar-refractivity contribution in [3.8, 4) is 5.75 Å². The fourth-order valence-corrected chi connectivity index (χ4v) is 2.42. The van der Waals surface area contributed by atoms with E-state index in [2.05, 4.69) is 20.4 Å².